The molecule has 2 aromatic carbocycles. The first-order valence-electron chi connectivity index (χ1n) is 8.97. The number of ether oxygens (including phenoxy) is 1. The highest BCUT2D eigenvalue weighted by molar-refractivity contribution is 7.22. The van der Waals surface area contributed by atoms with Gasteiger partial charge in [0.25, 0.3) is 0 Å². The van der Waals surface area contributed by atoms with Crippen LogP contribution in [0.15, 0.2) is 66.9 Å². The fourth-order valence-corrected chi connectivity index (χ4v) is 4.37. The number of benzene rings is 2. The SMILES string of the molecule is COc1cc2sc(-c3cnc4ccc(Nc5ccccc5)nn34)cc2cc1C. The Bertz CT molecular complexity index is 1290. The molecule has 3 aromatic heterocycles. The predicted octanol–water partition coefficient (Wildman–Crippen LogP) is 5.67. The lowest BCUT2D eigenvalue weighted by molar-refractivity contribution is 0.412. The van der Waals surface area contributed by atoms with Gasteiger partial charge in [-0.05, 0) is 60.3 Å². The van der Waals surface area contributed by atoms with Crippen molar-refractivity contribution < 1.29 is 4.74 Å². The van der Waals surface area contributed by atoms with E-state index in [0.29, 0.717) is 0 Å². The van der Waals surface area contributed by atoms with Crippen molar-refractivity contribution in [2.75, 3.05) is 12.4 Å². The minimum atomic E-state index is 0.775. The number of nitrogens with one attached hydrogen (secondary N) is 1. The maximum atomic E-state index is 5.46. The third-order valence-corrected chi connectivity index (χ3v) is 5.82. The molecule has 0 amide bonds. The number of hydrogen-bond donors (Lipinski definition) is 1. The molecule has 138 valence electrons. The topological polar surface area (TPSA) is 51.5 Å². The normalized spacial score (nSPS) is 11.2. The smallest absolute Gasteiger partial charge is 0.154 e. The number of anilines is 2. The summed E-state index contributed by atoms with van der Waals surface area (Å²) < 4.78 is 8.54. The van der Waals surface area contributed by atoms with Crippen LogP contribution in [0, 0.1) is 6.92 Å². The summed E-state index contributed by atoms with van der Waals surface area (Å²) in [5.41, 5.74) is 3.93. The summed E-state index contributed by atoms with van der Waals surface area (Å²) >= 11 is 1.72. The zero-order valence-electron chi connectivity index (χ0n) is 15.5. The van der Waals surface area contributed by atoms with Crippen LogP contribution < -0.4 is 10.1 Å². The first-order chi connectivity index (χ1) is 13.7. The third kappa shape index (κ3) is 2.88. The average molecular weight is 386 g/mol. The van der Waals surface area contributed by atoms with E-state index in [1.165, 1.54) is 10.1 Å². The lowest BCUT2D eigenvalue weighted by atomic mass is 10.1. The molecule has 0 bridgehead atoms. The molecule has 0 aliphatic carbocycles. The van der Waals surface area contributed by atoms with Gasteiger partial charge in [-0.2, -0.15) is 0 Å². The number of thiophene rings is 1. The highest BCUT2D eigenvalue weighted by Crippen LogP contribution is 2.37. The Morgan fingerprint density at radius 1 is 1.04 bits per heavy atom. The molecule has 5 rings (SSSR count). The number of aromatic nitrogens is 3. The van der Waals surface area contributed by atoms with Crippen LogP contribution in [0.5, 0.6) is 5.75 Å². The fourth-order valence-electron chi connectivity index (χ4n) is 3.31. The van der Waals surface area contributed by atoms with Gasteiger partial charge in [-0.1, -0.05) is 18.2 Å². The standard InChI is InChI=1S/C22H18N4OS/c1-14-10-15-11-20(28-19(15)12-18(14)27-2)17-13-23-22-9-8-21(25-26(17)22)24-16-6-4-3-5-7-16/h3-13H,1-2H3,(H,24,25). The van der Waals surface area contributed by atoms with Crippen molar-refractivity contribution in [3.05, 3.63) is 72.4 Å². The van der Waals surface area contributed by atoms with Gasteiger partial charge in [-0.15, -0.1) is 16.4 Å². The molecule has 5 nitrogen and oxygen atoms in total. The van der Waals surface area contributed by atoms with Gasteiger partial charge < -0.3 is 10.1 Å². The van der Waals surface area contributed by atoms with E-state index in [9.17, 15) is 0 Å². The molecule has 0 fully saturated rings. The molecule has 0 saturated heterocycles. The third-order valence-electron chi connectivity index (χ3n) is 4.69. The van der Waals surface area contributed by atoms with Crippen molar-refractivity contribution in [2.24, 2.45) is 0 Å². The number of aryl methyl sites for hydroxylation is 1. The number of rotatable bonds is 4. The fraction of sp³-hybridized carbons (Fsp3) is 0.0909. The van der Waals surface area contributed by atoms with Crippen molar-refractivity contribution in [2.45, 2.75) is 6.92 Å². The molecule has 28 heavy (non-hydrogen) atoms. The molecule has 0 unspecified atom stereocenters. The minimum absolute atomic E-state index is 0.775. The highest BCUT2D eigenvalue weighted by atomic mass is 32.1. The maximum absolute atomic E-state index is 5.46. The molecule has 1 N–H and O–H groups in total. The van der Waals surface area contributed by atoms with Crippen LogP contribution in [0.1, 0.15) is 5.56 Å². The second kappa shape index (κ2) is 6.65. The van der Waals surface area contributed by atoms with Gasteiger partial charge >= 0.3 is 0 Å². The first-order valence-corrected chi connectivity index (χ1v) is 9.78. The molecular weight excluding hydrogens is 368 g/mol. The maximum Gasteiger partial charge on any atom is 0.154 e. The molecule has 0 saturated carbocycles. The van der Waals surface area contributed by atoms with Crippen LogP contribution in [-0.2, 0) is 0 Å². The van der Waals surface area contributed by atoms with E-state index >= 15 is 0 Å². The number of imidazole rings is 1. The Kier molecular flexibility index (Phi) is 3.98. The average Bonchev–Trinajstić information content (AvgIpc) is 3.31. The van der Waals surface area contributed by atoms with Crippen molar-refractivity contribution in [1.29, 1.82) is 0 Å². The van der Waals surface area contributed by atoms with Crippen molar-refractivity contribution >= 4 is 38.6 Å². The Morgan fingerprint density at radius 3 is 2.71 bits per heavy atom. The molecule has 0 spiro atoms. The zero-order valence-corrected chi connectivity index (χ0v) is 16.3. The molecule has 0 radical (unpaired) electrons. The van der Waals surface area contributed by atoms with Crippen LogP contribution in [0.25, 0.3) is 26.3 Å². The van der Waals surface area contributed by atoms with Crippen LogP contribution in [0.4, 0.5) is 11.5 Å². The summed E-state index contributed by atoms with van der Waals surface area (Å²) in [6.07, 6.45) is 1.88. The molecule has 0 atom stereocenters. The van der Waals surface area contributed by atoms with E-state index in [4.69, 9.17) is 9.84 Å². The molecule has 0 aliphatic rings. The zero-order chi connectivity index (χ0) is 19.1. The first kappa shape index (κ1) is 16.8. The van der Waals surface area contributed by atoms with Crippen LogP contribution in [-0.4, -0.2) is 21.7 Å². The van der Waals surface area contributed by atoms with E-state index < -0.39 is 0 Å². The number of fused-ring (bicyclic) bond motifs is 2. The van der Waals surface area contributed by atoms with Gasteiger partial charge in [0.1, 0.15) is 11.4 Å². The Morgan fingerprint density at radius 2 is 1.89 bits per heavy atom. The van der Waals surface area contributed by atoms with Crippen molar-refractivity contribution in [3.8, 4) is 16.3 Å². The molecule has 6 heteroatoms. The van der Waals surface area contributed by atoms with Gasteiger partial charge in [0.15, 0.2) is 11.5 Å². The Balaban J connectivity index is 1.59. The largest absolute Gasteiger partial charge is 0.496 e. The summed E-state index contributed by atoms with van der Waals surface area (Å²) in [5, 5.41) is 9.29. The predicted molar refractivity (Wildman–Crippen MR) is 115 cm³/mol. The van der Waals surface area contributed by atoms with Crippen LogP contribution in [0.2, 0.25) is 0 Å². The molecule has 0 aliphatic heterocycles. The van der Waals surface area contributed by atoms with Crippen molar-refractivity contribution in [1.82, 2.24) is 14.6 Å². The molecule has 3 heterocycles. The lowest BCUT2D eigenvalue weighted by Crippen LogP contribution is -1.99. The number of hydrogen-bond acceptors (Lipinski definition) is 5. The Labute approximate surface area is 166 Å². The second-order valence-electron chi connectivity index (χ2n) is 6.59. The van der Waals surface area contributed by atoms with Gasteiger partial charge in [0, 0.05) is 10.4 Å². The second-order valence-corrected chi connectivity index (χ2v) is 7.68. The van der Waals surface area contributed by atoms with E-state index in [1.807, 2.05) is 53.2 Å². The van der Waals surface area contributed by atoms with E-state index in [0.717, 1.165) is 39.0 Å². The van der Waals surface area contributed by atoms with E-state index in [2.05, 4.69) is 35.4 Å². The summed E-state index contributed by atoms with van der Waals surface area (Å²) in [6.45, 7) is 2.06. The van der Waals surface area contributed by atoms with Gasteiger partial charge in [-0.25, -0.2) is 9.50 Å². The monoisotopic (exact) mass is 386 g/mol. The summed E-state index contributed by atoms with van der Waals surface area (Å²) in [5.74, 6) is 1.68. The summed E-state index contributed by atoms with van der Waals surface area (Å²) in [7, 11) is 1.71. The van der Waals surface area contributed by atoms with Gasteiger partial charge in [-0.3, -0.25) is 0 Å². The highest BCUT2D eigenvalue weighted by Gasteiger charge is 2.13. The van der Waals surface area contributed by atoms with Crippen LogP contribution >= 0.6 is 11.3 Å². The van der Waals surface area contributed by atoms with Crippen molar-refractivity contribution in [3.63, 3.8) is 0 Å². The lowest BCUT2D eigenvalue weighted by Gasteiger charge is -2.06. The quantitative estimate of drug-likeness (QED) is 0.432. The Hall–Kier alpha value is -3.38. The summed E-state index contributed by atoms with van der Waals surface area (Å²) in [6, 6.07) is 20.4. The van der Waals surface area contributed by atoms with E-state index in [1.54, 1.807) is 18.4 Å². The van der Waals surface area contributed by atoms with Crippen LogP contribution in [0.3, 0.4) is 0 Å². The molecule has 5 aromatic rings. The van der Waals surface area contributed by atoms with Gasteiger partial charge in [0.05, 0.1) is 18.2 Å². The number of para-hydroxylation sites is 1. The van der Waals surface area contributed by atoms with Gasteiger partial charge in [0.2, 0.25) is 0 Å². The number of methoxy groups -OCH3 is 1. The van der Waals surface area contributed by atoms with E-state index in [-0.39, 0.29) is 0 Å². The minimum Gasteiger partial charge on any atom is -0.496 e. The summed E-state index contributed by atoms with van der Waals surface area (Å²) in [4.78, 5) is 5.64. The molecular formula is C22H18N4OS. The number of nitrogens with zero attached hydrogens (tertiary/aromatic N) is 3.